The van der Waals surface area contributed by atoms with E-state index in [1.165, 1.54) is 24.8 Å². The number of nitrogens with one attached hydrogen (secondary N) is 1. The van der Waals surface area contributed by atoms with E-state index in [1.54, 1.807) is 14.2 Å². The summed E-state index contributed by atoms with van der Waals surface area (Å²) in [6.45, 7) is 12.0. The van der Waals surface area contributed by atoms with Gasteiger partial charge in [0.2, 0.25) is 0 Å². The summed E-state index contributed by atoms with van der Waals surface area (Å²) < 4.78 is 16.6. The highest BCUT2D eigenvalue weighted by Crippen LogP contribution is 2.37. The Morgan fingerprint density at radius 3 is 2.54 bits per heavy atom. The molecule has 4 heteroatoms. The van der Waals surface area contributed by atoms with Gasteiger partial charge in [-0.1, -0.05) is 19.9 Å². The first kappa shape index (κ1) is 21.0. The first-order valence-corrected chi connectivity index (χ1v) is 9.92. The second kappa shape index (κ2) is 9.61. The summed E-state index contributed by atoms with van der Waals surface area (Å²) in [7, 11) is 3.34. The van der Waals surface area contributed by atoms with Gasteiger partial charge in [-0.25, -0.2) is 0 Å². The Bertz CT molecular complexity index is 556. The zero-order valence-corrected chi connectivity index (χ0v) is 17.4. The topological polar surface area (TPSA) is 39.7 Å². The van der Waals surface area contributed by atoms with Crippen molar-refractivity contribution in [1.82, 2.24) is 5.32 Å². The van der Waals surface area contributed by atoms with Gasteiger partial charge in [0.15, 0.2) is 11.5 Å². The van der Waals surface area contributed by atoms with Crippen LogP contribution in [0, 0.1) is 17.8 Å². The molecule has 0 aliphatic carbocycles. The molecule has 2 rings (SSSR count). The maximum Gasteiger partial charge on any atom is 0.161 e. The summed E-state index contributed by atoms with van der Waals surface area (Å²) in [5, 5.41) is 3.61. The van der Waals surface area contributed by atoms with Crippen molar-refractivity contribution in [3.05, 3.63) is 23.8 Å². The fourth-order valence-corrected chi connectivity index (χ4v) is 4.25. The van der Waals surface area contributed by atoms with Crippen LogP contribution in [0.25, 0.3) is 0 Å². The average molecular weight is 364 g/mol. The highest BCUT2D eigenvalue weighted by atomic mass is 16.5. The number of ether oxygens (including phenoxy) is 3. The normalized spacial score (nSPS) is 20.8. The second-order valence-corrected chi connectivity index (χ2v) is 8.42. The fraction of sp³-hybridized carbons (Fsp3) is 0.727. The molecule has 0 amide bonds. The van der Waals surface area contributed by atoms with E-state index < -0.39 is 0 Å². The van der Waals surface area contributed by atoms with Crippen LogP contribution >= 0.6 is 0 Å². The maximum absolute atomic E-state index is 5.91. The summed E-state index contributed by atoms with van der Waals surface area (Å²) in [4.78, 5) is 0. The first-order chi connectivity index (χ1) is 12.4. The predicted octanol–water partition coefficient (Wildman–Crippen LogP) is 4.66. The minimum atomic E-state index is 0.0309. The Hall–Kier alpha value is -1.26. The molecule has 1 aliphatic rings. The molecule has 0 saturated carbocycles. The van der Waals surface area contributed by atoms with Crippen LogP contribution in [-0.4, -0.2) is 33.0 Å². The molecule has 0 bridgehead atoms. The quantitative estimate of drug-likeness (QED) is 0.648. The van der Waals surface area contributed by atoms with Crippen molar-refractivity contribution in [3.8, 4) is 11.5 Å². The summed E-state index contributed by atoms with van der Waals surface area (Å²) >= 11 is 0. The molecule has 0 spiro atoms. The zero-order valence-electron chi connectivity index (χ0n) is 17.4. The van der Waals surface area contributed by atoms with E-state index in [0.29, 0.717) is 5.92 Å². The smallest absolute Gasteiger partial charge is 0.161 e. The Balaban J connectivity index is 1.85. The van der Waals surface area contributed by atoms with Gasteiger partial charge in [0, 0.05) is 13.2 Å². The van der Waals surface area contributed by atoms with Crippen molar-refractivity contribution in [2.45, 2.75) is 59.1 Å². The van der Waals surface area contributed by atoms with Crippen molar-refractivity contribution in [2.24, 2.45) is 17.8 Å². The molecule has 0 radical (unpaired) electrons. The van der Waals surface area contributed by atoms with Crippen LogP contribution in [0.2, 0.25) is 0 Å². The van der Waals surface area contributed by atoms with Crippen LogP contribution in [0.1, 0.15) is 52.5 Å². The number of benzene rings is 1. The van der Waals surface area contributed by atoms with Crippen molar-refractivity contribution < 1.29 is 14.2 Å². The number of methoxy groups -OCH3 is 2. The van der Waals surface area contributed by atoms with Gasteiger partial charge in [0.1, 0.15) is 0 Å². The molecule has 1 heterocycles. The highest BCUT2D eigenvalue weighted by molar-refractivity contribution is 5.42. The lowest BCUT2D eigenvalue weighted by Crippen LogP contribution is -2.38. The van der Waals surface area contributed by atoms with Crippen LogP contribution in [-0.2, 0) is 11.3 Å². The van der Waals surface area contributed by atoms with E-state index in [4.69, 9.17) is 14.2 Å². The SMILES string of the molecule is COc1ccc(CNCC[C@@H](C(C)C)[C@@H]2CCOC(C)(C)C2)cc1OC. The molecule has 148 valence electrons. The molecule has 1 aromatic rings. The van der Waals surface area contributed by atoms with Gasteiger partial charge >= 0.3 is 0 Å². The van der Waals surface area contributed by atoms with Crippen LogP contribution in [0.5, 0.6) is 11.5 Å². The summed E-state index contributed by atoms with van der Waals surface area (Å²) in [5.74, 6) is 3.78. The van der Waals surface area contributed by atoms with Gasteiger partial charge in [-0.05, 0) is 75.1 Å². The molecule has 1 saturated heterocycles. The molecule has 26 heavy (non-hydrogen) atoms. The minimum absolute atomic E-state index is 0.0309. The summed E-state index contributed by atoms with van der Waals surface area (Å²) in [5.41, 5.74) is 1.25. The van der Waals surface area contributed by atoms with Crippen LogP contribution in [0.15, 0.2) is 18.2 Å². The van der Waals surface area contributed by atoms with Crippen LogP contribution in [0.3, 0.4) is 0 Å². The Morgan fingerprint density at radius 1 is 1.19 bits per heavy atom. The summed E-state index contributed by atoms with van der Waals surface area (Å²) in [6.07, 6.45) is 3.58. The van der Waals surface area contributed by atoms with Crippen LogP contribution in [0.4, 0.5) is 0 Å². The molecular formula is C22H37NO3. The number of hydrogen-bond acceptors (Lipinski definition) is 4. The third-order valence-electron chi connectivity index (χ3n) is 5.63. The number of rotatable bonds is 9. The molecule has 0 unspecified atom stereocenters. The molecular weight excluding hydrogens is 326 g/mol. The molecule has 1 fully saturated rings. The molecule has 0 aromatic heterocycles. The van der Waals surface area contributed by atoms with Gasteiger partial charge in [0.25, 0.3) is 0 Å². The van der Waals surface area contributed by atoms with Crippen molar-refractivity contribution in [1.29, 1.82) is 0 Å². The molecule has 1 aromatic carbocycles. The minimum Gasteiger partial charge on any atom is -0.493 e. The second-order valence-electron chi connectivity index (χ2n) is 8.42. The van der Waals surface area contributed by atoms with Gasteiger partial charge in [0.05, 0.1) is 19.8 Å². The molecule has 2 atom stereocenters. The van der Waals surface area contributed by atoms with E-state index in [-0.39, 0.29) is 5.60 Å². The summed E-state index contributed by atoms with van der Waals surface area (Å²) in [6, 6.07) is 6.11. The third kappa shape index (κ3) is 5.88. The monoisotopic (exact) mass is 363 g/mol. The lowest BCUT2D eigenvalue weighted by Gasteiger charge is -2.40. The Morgan fingerprint density at radius 2 is 1.92 bits per heavy atom. The van der Waals surface area contributed by atoms with Gasteiger partial charge in [-0.3, -0.25) is 0 Å². The van der Waals surface area contributed by atoms with E-state index in [2.05, 4.69) is 39.1 Å². The standard InChI is InChI=1S/C22H37NO3/c1-16(2)19(18-10-12-26-22(3,4)14-18)9-11-23-15-17-7-8-20(24-5)21(13-17)25-6/h7-8,13,16,18-19,23H,9-12,14-15H2,1-6H3/t18-,19+/m1/s1. The van der Waals surface area contributed by atoms with E-state index >= 15 is 0 Å². The third-order valence-corrected chi connectivity index (χ3v) is 5.63. The number of hydrogen-bond donors (Lipinski definition) is 1. The largest absolute Gasteiger partial charge is 0.493 e. The lowest BCUT2D eigenvalue weighted by molar-refractivity contribution is -0.0867. The lowest BCUT2D eigenvalue weighted by atomic mass is 9.73. The van der Waals surface area contributed by atoms with Crippen molar-refractivity contribution in [3.63, 3.8) is 0 Å². The molecule has 1 aliphatic heterocycles. The Kier molecular flexibility index (Phi) is 7.78. The highest BCUT2D eigenvalue weighted by Gasteiger charge is 2.34. The van der Waals surface area contributed by atoms with E-state index in [0.717, 1.165) is 43.0 Å². The average Bonchev–Trinajstić information content (AvgIpc) is 2.60. The van der Waals surface area contributed by atoms with Crippen molar-refractivity contribution >= 4 is 0 Å². The van der Waals surface area contributed by atoms with Gasteiger partial charge in [-0.15, -0.1) is 0 Å². The molecule has 1 N–H and O–H groups in total. The van der Waals surface area contributed by atoms with Crippen LogP contribution < -0.4 is 14.8 Å². The maximum atomic E-state index is 5.91. The predicted molar refractivity (Wildman–Crippen MR) is 107 cm³/mol. The van der Waals surface area contributed by atoms with Gasteiger partial charge in [-0.2, -0.15) is 0 Å². The van der Waals surface area contributed by atoms with E-state index in [9.17, 15) is 0 Å². The fourth-order valence-electron chi connectivity index (χ4n) is 4.25. The Labute approximate surface area is 159 Å². The zero-order chi connectivity index (χ0) is 19.2. The van der Waals surface area contributed by atoms with E-state index in [1.807, 2.05) is 12.1 Å². The van der Waals surface area contributed by atoms with Crippen molar-refractivity contribution in [2.75, 3.05) is 27.4 Å². The van der Waals surface area contributed by atoms with Gasteiger partial charge < -0.3 is 19.5 Å². The first-order valence-electron chi connectivity index (χ1n) is 9.92. The molecule has 4 nitrogen and oxygen atoms in total.